The molecule has 0 aliphatic rings. The van der Waals surface area contributed by atoms with E-state index in [4.69, 9.17) is 11.6 Å². The van der Waals surface area contributed by atoms with Crippen molar-refractivity contribution in [2.24, 2.45) is 5.10 Å². The minimum atomic E-state index is -0.339. The molecule has 0 radical (unpaired) electrons. The maximum Gasteiger partial charge on any atom is 0.271 e. The van der Waals surface area contributed by atoms with Gasteiger partial charge in [0.2, 0.25) is 0 Å². The molecule has 160 valence electrons. The Bertz CT molecular complexity index is 1330. The van der Waals surface area contributed by atoms with Crippen LogP contribution in [0.4, 0.5) is 5.69 Å². The molecule has 3 aromatic carbocycles. The first-order chi connectivity index (χ1) is 15.4. The van der Waals surface area contributed by atoms with E-state index in [9.17, 15) is 9.59 Å². The molecule has 0 bridgehead atoms. The predicted molar refractivity (Wildman–Crippen MR) is 132 cm³/mol. The Morgan fingerprint density at radius 2 is 1.59 bits per heavy atom. The number of aryl methyl sites for hydroxylation is 2. The second-order valence-corrected chi connectivity index (χ2v) is 8.82. The van der Waals surface area contributed by atoms with Crippen LogP contribution < -0.4 is 10.7 Å². The SMILES string of the molecule is Cc1ccc(/C=N\NC(=O)c2ccc(NC(=O)c3sc4cc(C)ccc4c3Cl)cc2)cc1. The highest BCUT2D eigenvalue weighted by Crippen LogP contribution is 2.36. The highest BCUT2D eigenvalue weighted by molar-refractivity contribution is 7.21. The van der Waals surface area contributed by atoms with Gasteiger partial charge in [0.1, 0.15) is 4.88 Å². The van der Waals surface area contributed by atoms with Gasteiger partial charge in [-0.3, -0.25) is 9.59 Å². The van der Waals surface area contributed by atoms with Crippen molar-refractivity contribution in [1.29, 1.82) is 0 Å². The lowest BCUT2D eigenvalue weighted by Crippen LogP contribution is -2.17. The van der Waals surface area contributed by atoms with Gasteiger partial charge in [0.15, 0.2) is 0 Å². The van der Waals surface area contributed by atoms with E-state index in [1.165, 1.54) is 11.3 Å². The minimum absolute atomic E-state index is 0.284. The second kappa shape index (κ2) is 9.34. The summed E-state index contributed by atoms with van der Waals surface area (Å²) in [6.07, 6.45) is 1.59. The van der Waals surface area contributed by atoms with Crippen LogP contribution >= 0.6 is 22.9 Å². The number of carbonyl (C=O) groups excluding carboxylic acids is 2. The number of carbonyl (C=O) groups is 2. The fourth-order valence-electron chi connectivity index (χ4n) is 3.09. The Hall–Kier alpha value is -3.48. The molecule has 7 heteroatoms. The third-order valence-corrected chi connectivity index (χ3v) is 6.51. The number of amides is 2. The topological polar surface area (TPSA) is 70.6 Å². The molecule has 0 fully saturated rings. The predicted octanol–water partition coefficient (Wildman–Crippen LogP) is 6.19. The fraction of sp³-hybridized carbons (Fsp3) is 0.0800. The zero-order chi connectivity index (χ0) is 22.7. The molecule has 0 saturated carbocycles. The normalized spacial score (nSPS) is 11.1. The quantitative estimate of drug-likeness (QED) is 0.275. The molecule has 2 N–H and O–H groups in total. The molecule has 0 spiro atoms. The highest BCUT2D eigenvalue weighted by Gasteiger charge is 2.17. The zero-order valence-electron chi connectivity index (χ0n) is 17.5. The molecule has 0 unspecified atom stereocenters. The van der Waals surface area contributed by atoms with Gasteiger partial charge in [-0.2, -0.15) is 5.10 Å². The Morgan fingerprint density at radius 3 is 2.31 bits per heavy atom. The van der Waals surface area contributed by atoms with Crippen LogP contribution in [0.2, 0.25) is 5.02 Å². The van der Waals surface area contributed by atoms with Crippen LogP contribution in [0.15, 0.2) is 71.8 Å². The first kappa shape index (κ1) is 21.7. The summed E-state index contributed by atoms with van der Waals surface area (Å²) in [7, 11) is 0. The molecular formula is C25H20ClN3O2S. The Morgan fingerprint density at radius 1 is 0.906 bits per heavy atom. The van der Waals surface area contributed by atoms with E-state index in [1.807, 2.05) is 56.3 Å². The van der Waals surface area contributed by atoms with E-state index < -0.39 is 0 Å². The monoisotopic (exact) mass is 461 g/mol. The smallest absolute Gasteiger partial charge is 0.271 e. The van der Waals surface area contributed by atoms with Crippen molar-refractivity contribution in [2.75, 3.05) is 5.32 Å². The number of nitrogens with one attached hydrogen (secondary N) is 2. The number of fused-ring (bicyclic) bond motifs is 1. The first-order valence-electron chi connectivity index (χ1n) is 9.91. The molecule has 32 heavy (non-hydrogen) atoms. The molecule has 0 aliphatic heterocycles. The Labute approximate surface area is 194 Å². The standard InChI is InChI=1S/C25H20ClN3O2S/c1-15-3-6-17(7-4-15)14-27-29-24(30)18-8-10-19(11-9-18)28-25(31)23-22(26)20-12-5-16(2)13-21(20)32-23/h3-14H,1-2H3,(H,28,31)(H,29,30)/b27-14-. The van der Waals surface area contributed by atoms with Gasteiger partial charge in [-0.25, -0.2) is 5.43 Å². The van der Waals surface area contributed by atoms with Crippen LogP contribution in [0, 0.1) is 13.8 Å². The van der Waals surface area contributed by atoms with Crippen LogP contribution in [0.3, 0.4) is 0 Å². The van der Waals surface area contributed by atoms with Crippen molar-refractivity contribution in [3.8, 4) is 0 Å². The highest BCUT2D eigenvalue weighted by atomic mass is 35.5. The van der Waals surface area contributed by atoms with Crippen molar-refractivity contribution in [1.82, 2.24) is 5.43 Å². The van der Waals surface area contributed by atoms with Crippen LogP contribution in [0.1, 0.15) is 36.7 Å². The summed E-state index contributed by atoms with van der Waals surface area (Å²) >= 11 is 7.78. The Balaban J connectivity index is 1.40. The van der Waals surface area contributed by atoms with E-state index >= 15 is 0 Å². The van der Waals surface area contributed by atoms with E-state index in [0.29, 0.717) is 21.2 Å². The molecule has 5 nitrogen and oxygen atoms in total. The molecule has 1 heterocycles. The second-order valence-electron chi connectivity index (χ2n) is 7.39. The van der Waals surface area contributed by atoms with Crippen molar-refractivity contribution >= 4 is 56.7 Å². The van der Waals surface area contributed by atoms with Crippen LogP contribution in [0.5, 0.6) is 0 Å². The molecule has 4 rings (SSSR count). The lowest BCUT2D eigenvalue weighted by atomic mass is 10.2. The summed E-state index contributed by atoms with van der Waals surface area (Å²) in [5.41, 5.74) is 6.66. The molecule has 2 amide bonds. The number of hydrogen-bond acceptors (Lipinski definition) is 4. The number of hydrazone groups is 1. The molecule has 0 aliphatic carbocycles. The minimum Gasteiger partial charge on any atom is -0.321 e. The van der Waals surface area contributed by atoms with Gasteiger partial charge in [-0.1, -0.05) is 53.6 Å². The largest absolute Gasteiger partial charge is 0.321 e. The number of halogens is 1. The number of nitrogens with zero attached hydrogens (tertiary/aromatic N) is 1. The van der Waals surface area contributed by atoms with Crippen LogP contribution in [-0.4, -0.2) is 18.0 Å². The molecule has 4 aromatic rings. The van der Waals surface area contributed by atoms with E-state index in [0.717, 1.165) is 26.8 Å². The third-order valence-electron chi connectivity index (χ3n) is 4.85. The lowest BCUT2D eigenvalue weighted by Gasteiger charge is -2.05. The number of hydrogen-bond donors (Lipinski definition) is 2. The van der Waals surface area contributed by atoms with E-state index in [-0.39, 0.29) is 11.8 Å². The van der Waals surface area contributed by atoms with Crippen molar-refractivity contribution in [2.45, 2.75) is 13.8 Å². The van der Waals surface area contributed by atoms with Gasteiger partial charge >= 0.3 is 0 Å². The summed E-state index contributed by atoms with van der Waals surface area (Å²) in [5.74, 6) is -0.622. The van der Waals surface area contributed by atoms with Gasteiger partial charge in [-0.05, 0) is 55.3 Å². The maximum absolute atomic E-state index is 12.7. The number of thiophene rings is 1. The van der Waals surface area contributed by atoms with Gasteiger partial charge in [0.25, 0.3) is 11.8 Å². The average molecular weight is 462 g/mol. The first-order valence-corrected chi connectivity index (χ1v) is 11.1. The molecule has 0 atom stereocenters. The average Bonchev–Trinajstić information content (AvgIpc) is 3.11. The zero-order valence-corrected chi connectivity index (χ0v) is 19.1. The van der Waals surface area contributed by atoms with Gasteiger partial charge in [-0.15, -0.1) is 11.3 Å². The summed E-state index contributed by atoms with van der Waals surface area (Å²) in [6, 6.07) is 20.3. The lowest BCUT2D eigenvalue weighted by molar-refractivity contribution is 0.0954. The number of anilines is 1. The molecule has 0 saturated heterocycles. The van der Waals surface area contributed by atoms with Gasteiger partial charge in [0.05, 0.1) is 11.2 Å². The summed E-state index contributed by atoms with van der Waals surface area (Å²) in [6.45, 7) is 4.01. The van der Waals surface area contributed by atoms with Crippen LogP contribution in [0.25, 0.3) is 10.1 Å². The summed E-state index contributed by atoms with van der Waals surface area (Å²) in [4.78, 5) is 25.5. The number of rotatable bonds is 5. The fourth-order valence-corrected chi connectivity index (χ4v) is 4.60. The summed E-state index contributed by atoms with van der Waals surface area (Å²) in [5, 5.41) is 8.14. The van der Waals surface area contributed by atoms with E-state index in [1.54, 1.807) is 30.5 Å². The van der Waals surface area contributed by atoms with Gasteiger partial charge in [0, 0.05) is 21.3 Å². The Kier molecular flexibility index (Phi) is 6.35. The van der Waals surface area contributed by atoms with Crippen LogP contribution in [-0.2, 0) is 0 Å². The van der Waals surface area contributed by atoms with Gasteiger partial charge < -0.3 is 5.32 Å². The van der Waals surface area contributed by atoms with Crippen molar-refractivity contribution in [3.05, 3.63) is 98.9 Å². The van der Waals surface area contributed by atoms with Crippen molar-refractivity contribution < 1.29 is 9.59 Å². The van der Waals surface area contributed by atoms with E-state index in [2.05, 4.69) is 15.8 Å². The molecular weight excluding hydrogens is 442 g/mol. The third kappa shape index (κ3) is 4.88. The summed E-state index contributed by atoms with van der Waals surface area (Å²) < 4.78 is 0.971. The maximum atomic E-state index is 12.7. The molecule has 1 aromatic heterocycles. The number of benzene rings is 3. The van der Waals surface area contributed by atoms with Crippen molar-refractivity contribution in [3.63, 3.8) is 0 Å².